The minimum atomic E-state index is -3.63. The molecule has 32 heavy (non-hydrogen) atoms. The van der Waals surface area contributed by atoms with Crippen molar-refractivity contribution in [2.24, 2.45) is 0 Å². The lowest BCUT2D eigenvalue weighted by atomic mass is 10.1. The predicted molar refractivity (Wildman–Crippen MR) is 124 cm³/mol. The van der Waals surface area contributed by atoms with Gasteiger partial charge in [-0.05, 0) is 35.4 Å². The van der Waals surface area contributed by atoms with Gasteiger partial charge in [0.15, 0.2) is 0 Å². The smallest absolute Gasteiger partial charge is 0.251 e. The van der Waals surface area contributed by atoms with Gasteiger partial charge in [-0.15, -0.1) is 0 Å². The number of rotatable bonds is 9. The van der Waals surface area contributed by atoms with Crippen molar-refractivity contribution in [3.8, 4) is 0 Å². The van der Waals surface area contributed by atoms with E-state index in [1.54, 1.807) is 42.8 Å². The molecule has 0 aliphatic rings. The van der Waals surface area contributed by atoms with Gasteiger partial charge >= 0.3 is 0 Å². The van der Waals surface area contributed by atoms with E-state index in [9.17, 15) is 18.0 Å². The van der Waals surface area contributed by atoms with Gasteiger partial charge < -0.3 is 9.88 Å². The average Bonchev–Trinajstić information content (AvgIpc) is 2.80. The number of hydrogen-bond donors (Lipinski definition) is 1. The number of carbonyl (C=O) groups excluding carboxylic acids is 1. The van der Waals surface area contributed by atoms with E-state index in [1.165, 1.54) is 22.5 Å². The second-order valence-electron chi connectivity index (χ2n) is 7.28. The molecule has 1 amide bonds. The third-order valence-corrected chi connectivity index (χ3v) is 7.21. The van der Waals surface area contributed by atoms with Gasteiger partial charge in [-0.25, -0.2) is 8.42 Å². The summed E-state index contributed by atoms with van der Waals surface area (Å²) in [5.41, 5.74) is 2.10. The van der Waals surface area contributed by atoms with E-state index >= 15 is 0 Å². The molecule has 168 valence electrons. The Morgan fingerprint density at radius 1 is 0.938 bits per heavy atom. The molecule has 0 unspecified atom stereocenters. The Kier molecular flexibility index (Phi) is 7.61. The zero-order valence-corrected chi connectivity index (χ0v) is 19.0. The SMILES string of the molecule is CCN(CC)S(=O)(=O)c1cccc(C(=O)NCc2ccc(Cn3ccccc3=O)cc2)c1. The van der Waals surface area contributed by atoms with Crippen LogP contribution in [0.4, 0.5) is 0 Å². The highest BCUT2D eigenvalue weighted by Crippen LogP contribution is 2.17. The number of pyridine rings is 1. The monoisotopic (exact) mass is 453 g/mol. The number of aromatic nitrogens is 1. The molecule has 1 aromatic heterocycles. The van der Waals surface area contributed by atoms with Crippen molar-refractivity contribution in [1.29, 1.82) is 0 Å². The number of sulfonamides is 1. The van der Waals surface area contributed by atoms with Crippen LogP contribution >= 0.6 is 0 Å². The predicted octanol–water partition coefficient (Wildman–Crippen LogP) is 2.86. The van der Waals surface area contributed by atoms with E-state index in [2.05, 4.69) is 5.32 Å². The first kappa shape index (κ1) is 23.4. The Morgan fingerprint density at radius 2 is 1.62 bits per heavy atom. The van der Waals surface area contributed by atoms with Gasteiger partial charge in [0.2, 0.25) is 10.0 Å². The number of carbonyl (C=O) groups is 1. The quantitative estimate of drug-likeness (QED) is 0.540. The van der Waals surface area contributed by atoms with E-state index in [1.807, 2.05) is 30.3 Å². The van der Waals surface area contributed by atoms with E-state index in [4.69, 9.17) is 0 Å². The summed E-state index contributed by atoms with van der Waals surface area (Å²) in [6, 6.07) is 18.7. The molecule has 8 heteroatoms. The fourth-order valence-electron chi connectivity index (χ4n) is 3.35. The summed E-state index contributed by atoms with van der Waals surface area (Å²) in [6.45, 7) is 5.06. The summed E-state index contributed by atoms with van der Waals surface area (Å²) < 4.78 is 28.4. The third kappa shape index (κ3) is 5.52. The number of hydrogen-bond acceptors (Lipinski definition) is 4. The van der Waals surface area contributed by atoms with E-state index in [0.717, 1.165) is 11.1 Å². The Bertz CT molecular complexity index is 1230. The third-order valence-electron chi connectivity index (χ3n) is 5.17. The molecular formula is C24H27N3O4S. The Labute approximate surface area is 188 Å². The first-order chi connectivity index (χ1) is 15.3. The molecule has 0 spiro atoms. The largest absolute Gasteiger partial charge is 0.348 e. The van der Waals surface area contributed by atoms with E-state index in [-0.39, 0.29) is 16.4 Å². The second kappa shape index (κ2) is 10.4. The molecule has 0 aliphatic carbocycles. The van der Waals surface area contributed by atoms with Crippen molar-refractivity contribution in [2.75, 3.05) is 13.1 Å². The second-order valence-corrected chi connectivity index (χ2v) is 9.22. The molecule has 0 saturated heterocycles. The molecule has 7 nitrogen and oxygen atoms in total. The average molecular weight is 454 g/mol. The van der Waals surface area contributed by atoms with Crippen molar-refractivity contribution < 1.29 is 13.2 Å². The van der Waals surface area contributed by atoms with Gasteiger partial charge in [0.1, 0.15) is 0 Å². The lowest BCUT2D eigenvalue weighted by Gasteiger charge is -2.18. The molecule has 3 rings (SSSR count). The normalized spacial score (nSPS) is 11.5. The molecule has 0 radical (unpaired) electrons. The molecule has 0 saturated carbocycles. The highest BCUT2D eigenvalue weighted by molar-refractivity contribution is 7.89. The molecule has 1 N–H and O–H groups in total. The number of nitrogens with zero attached hydrogens (tertiary/aromatic N) is 2. The topological polar surface area (TPSA) is 88.5 Å². The van der Waals surface area contributed by atoms with Gasteiger partial charge in [0.25, 0.3) is 11.5 Å². The zero-order chi connectivity index (χ0) is 23.1. The standard InChI is InChI=1S/C24H27N3O4S/c1-3-27(4-2)32(30,31)22-9-7-8-21(16-22)24(29)25-17-19-11-13-20(14-12-19)18-26-15-6-5-10-23(26)28/h5-16H,3-4,17-18H2,1-2H3,(H,25,29). The summed E-state index contributed by atoms with van der Waals surface area (Å²) >= 11 is 0. The van der Waals surface area contributed by atoms with Crippen LogP contribution < -0.4 is 10.9 Å². The van der Waals surface area contributed by atoms with Gasteiger partial charge in [0.05, 0.1) is 11.4 Å². The summed E-state index contributed by atoms with van der Waals surface area (Å²) in [5, 5.41) is 2.83. The van der Waals surface area contributed by atoms with E-state index < -0.39 is 10.0 Å². The van der Waals surface area contributed by atoms with Crippen LogP contribution in [0.15, 0.2) is 82.6 Å². The van der Waals surface area contributed by atoms with Crippen LogP contribution in [-0.4, -0.2) is 36.3 Å². The lowest BCUT2D eigenvalue weighted by Crippen LogP contribution is -2.31. The summed E-state index contributed by atoms with van der Waals surface area (Å²) in [5.74, 6) is -0.346. The fraction of sp³-hybridized carbons (Fsp3) is 0.250. The van der Waals surface area contributed by atoms with Crippen LogP contribution in [0.3, 0.4) is 0 Å². The first-order valence-corrected chi connectivity index (χ1v) is 11.9. The Balaban J connectivity index is 1.65. The maximum atomic E-state index is 12.7. The molecular weight excluding hydrogens is 426 g/mol. The van der Waals surface area contributed by atoms with Crippen molar-refractivity contribution >= 4 is 15.9 Å². The van der Waals surface area contributed by atoms with Crippen molar-refractivity contribution in [2.45, 2.75) is 31.8 Å². The molecule has 3 aromatic rings. The minimum absolute atomic E-state index is 0.0610. The molecule has 0 bridgehead atoms. The summed E-state index contributed by atoms with van der Waals surface area (Å²) in [6.07, 6.45) is 1.74. The van der Waals surface area contributed by atoms with Gasteiger partial charge in [-0.2, -0.15) is 4.31 Å². The summed E-state index contributed by atoms with van der Waals surface area (Å²) in [7, 11) is -3.63. The van der Waals surface area contributed by atoms with Crippen LogP contribution in [0, 0.1) is 0 Å². The molecule has 2 aromatic carbocycles. The fourth-order valence-corrected chi connectivity index (χ4v) is 4.85. The van der Waals surface area contributed by atoms with Crippen molar-refractivity contribution in [1.82, 2.24) is 14.2 Å². The highest BCUT2D eigenvalue weighted by atomic mass is 32.2. The van der Waals surface area contributed by atoms with Crippen molar-refractivity contribution in [3.63, 3.8) is 0 Å². The lowest BCUT2D eigenvalue weighted by molar-refractivity contribution is 0.0950. The zero-order valence-electron chi connectivity index (χ0n) is 18.2. The van der Waals surface area contributed by atoms with Crippen LogP contribution in [-0.2, 0) is 23.1 Å². The minimum Gasteiger partial charge on any atom is -0.348 e. The number of amides is 1. The maximum absolute atomic E-state index is 12.7. The van der Waals surface area contributed by atoms with Crippen LogP contribution in [0.25, 0.3) is 0 Å². The first-order valence-electron chi connectivity index (χ1n) is 10.5. The van der Waals surface area contributed by atoms with Crippen molar-refractivity contribution in [3.05, 3.63) is 100.0 Å². The Morgan fingerprint density at radius 3 is 2.28 bits per heavy atom. The van der Waals surface area contributed by atoms with Gasteiger partial charge in [-0.3, -0.25) is 9.59 Å². The molecule has 1 heterocycles. The Hall–Kier alpha value is -3.23. The van der Waals surface area contributed by atoms with Gasteiger partial charge in [-0.1, -0.05) is 50.2 Å². The van der Waals surface area contributed by atoms with Crippen LogP contribution in [0.2, 0.25) is 0 Å². The van der Waals surface area contributed by atoms with Gasteiger partial charge in [0, 0.05) is 37.5 Å². The van der Waals surface area contributed by atoms with E-state index in [0.29, 0.717) is 31.7 Å². The van der Waals surface area contributed by atoms with Crippen LogP contribution in [0.5, 0.6) is 0 Å². The number of benzene rings is 2. The molecule has 0 atom stereocenters. The summed E-state index contributed by atoms with van der Waals surface area (Å²) in [4.78, 5) is 24.5. The molecule has 0 aliphatic heterocycles. The highest BCUT2D eigenvalue weighted by Gasteiger charge is 2.22. The number of nitrogens with one attached hydrogen (secondary N) is 1. The molecule has 0 fully saturated rings. The maximum Gasteiger partial charge on any atom is 0.251 e. The van der Waals surface area contributed by atoms with Crippen LogP contribution in [0.1, 0.15) is 35.3 Å².